The number of ether oxygens (including phenoxy) is 1. The molecule has 0 aromatic heterocycles. The Hall–Kier alpha value is -2.75. The summed E-state index contributed by atoms with van der Waals surface area (Å²) in [6.45, 7) is 5.75. The predicted octanol–water partition coefficient (Wildman–Crippen LogP) is 7.21. The molecule has 11 heteroatoms. The second kappa shape index (κ2) is 11.1. The number of carbonyl (C=O) groups is 2. The zero-order valence-electron chi connectivity index (χ0n) is 20.0. The molecule has 2 aromatic rings. The monoisotopic (exact) mass is 537 g/mol. The first-order valence-electron chi connectivity index (χ1n) is 11.0. The van der Waals surface area contributed by atoms with E-state index in [-0.39, 0.29) is 28.4 Å². The van der Waals surface area contributed by atoms with E-state index in [0.717, 1.165) is 31.2 Å². The van der Waals surface area contributed by atoms with Crippen molar-refractivity contribution < 1.29 is 40.7 Å². The number of halogens is 7. The van der Waals surface area contributed by atoms with Crippen LogP contribution in [0.2, 0.25) is 5.02 Å². The summed E-state index contributed by atoms with van der Waals surface area (Å²) >= 11 is 6.17. The van der Waals surface area contributed by atoms with Crippen molar-refractivity contribution in [2.75, 3.05) is 11.9 Å². The van der Waals surface area contributed by atoms with Crippen LogP contribution in [0.4, 0.5) is 32.0 Å². The summed E-state index contributed by atoms with van der Waals surface area (Å²) in [6.07, 6.45) is -10.5. The lowest BCUT2D eigenvalue weighted by Gasteiger charge is -2.27. The van der Waals surface area contributed by atoms with Crippen molar-refractivity contribution in [3.8, 4) is 0 Å². The van der Waals surface area contributed by atoms with Crippen LogP contribution in [-0.4, -0.2) is 30.8 Å². The van der Waals surface area contributed by atoms with Crippen LogP contribution in [0.15, 0.2) is 42.5 Å². The van der Waals surface area contributed by atoms with E-state index in [9.17, 15) is 35.9 Å². The molecule has 2 aromatic carbocycles. The van der Waals surface area contributed by atoms with Crippen molar-refractivity contribution >= 4 is 29.2 Å². The molecule has 1 amide bonds. The molecule has 36 heavy (non-hydrogen) atoms. The van der Waals surface area contributed by atoms with Gasteiger partial charge in [-0.1, -0.05) is 48.9 Å². The van der Waals surface area contributed by atoms with Crippen LogP contribution < -0.4 is 5.32 Å². The summed E-state index contributed by atoms with van der Waals surface area (Å²) in [5.74, 6) is -5.55. The number of hydrogen-bond acceptors (Lipinski definition) is 3. The Bertz CT molecular complexity index is 1080. The van der Waals surface area contributed by atoms with Crippen molar-refractivity contribution in [3.63, 3.8) is 0 Å². The molecule has 1 unspecified atom stereocenters. The standard InChI is InChI=1S/C25H26ClF6NO3/c1-5-36-22(35)23(3,4)17-10-11-18(26)19(12-17)33-21(34)20(14(2)25(30,31)32)16-8-6-15(7-9-16)13-24(27,28)29/h6-12,14,20H,5,13H2,1-4H3,(H,33,34)/t14?,20-/m0/s1. The molecule has 0 radical (unpaired) electrons. The number of anilines is 1. The van der Waals surface area contributed by atoms with Crippen molar-refractivity contribution in [2.45, 2.75) is 57.8 Å². The van der Waals surface area contributed by atoms with Gasteiger partial charge >= 0.3 is 18.3 Å². The van der Waals surface area contributed by atoms with Gasteiger partial charge in [0.25, 0.3) is 0 Å². The second-order valence-electron chi connectivity index (χ2n) is 8.87. The van der Waals surface area contributed by atoms with E-state index >= 15 is 0 Å². The summed E-state index contributed by atoms with van der Waals surface area (Å²) in [5.41, 5.74) is -1.03. The average Bonchev–Trinajstić information content (AvgIpc) is 2.75. The molecule has 0 spiro atoms. The number of benzene rings is 2. The molecule has 0 fully saturated rings. The summed E-state index contributed by atoms with van der Waals surface area (Å²) in [5, 5.41) is 2.41. The maximum absolute atomic E-state index is 13.6. The normalized spacial score (nSPS) is 14.2. The highest BCUT2D eigenvalue weighted by molar-refractivity contribution is 6.33. The van der Waals surface area contributed by atoms with E-state index in [1.807, 2.05) is 0 Å². The number of alkyl halides is 6. The third kappa shape index (κ3) is 7.38. The topological polar surface area (TPSA) is 55.4 Å². The molecule has 0 bridgehead atoms. The molecular formula is C25H26ClF6NO3. The maximum atomic E-state index is 13.6. The van der Waals surface area contributed by atoms with Gasteiger partial charge in [-0.25, -0.2) is 0 Å². The van der Waals surface area contributed by atoms with Gasteiger partial charge in [0.15, 0.2) is 0 Å². The molecule has 1 N–H and O–H groups in total. The van der Waals surface area contributed by atoms with Gasteiger partial charge in [-0.3, -0.25) is 9.59 Å². The Kier molecular flexibility index (Phi) is 9.10. The number of carbonyl (C=O) groups excluding carboxylic acids is 2. The molecule has 0 saturated heterocycles. The van der Waals surface area contributed by atoms with Gasteiger partial charge in [0.1, 0.15) is 0 Å². The summed E-state index contributed by atoms with van der Waals surface area (Å²) in [4.78, 5) is 25.5. The summed E-state index contributed by atoms with van der Waals surface area (Å²) in [6, 6.07) is 8.54. The van der Waals surface area contributed by atoms with Crippen molar-refractivity contribution in [2.24, 2.45) is 5.92 Å². The van der Waals surface area contributed by atoms with Gasteiger partial charge in [-0.05, 0) is 49.6 Å². The minimum Gasteiger partial charge on any atom is -0.465 e. The first-order chi connectivity index (χ1) is 16.5. The summed E-state index contributed by atoms with van der Waals surface area (Å²) in [7, 11) is 0. The zero-order chi connectivity index (χ0) is 27.5. The Balaban J connectivity index is 2.43. The molecule has 198 valence electrons. The van der Waals surface area contributed by atoms with Gasteiger partial charge in [0.05, 0.1) is 41.0 Å². The smallest absolute Gasteiger partial charge is 0.393 e. The van der Waals surface area contributed by atoms with E-state index in [1.165, 1.54) is 18.2 Å². The minimum absolute atomic E-state index is 0.0192. The van der Waals surface area contributed by atoms with Gasteiger partial charge in [0.2, 0.25) is 5.91 Å². The second-order valence-corrected chi connectivity index (χ2v) is 9.28. The maximum Gasteiger partial charge on any atom is 0.393 e. The van der Waals surface area contributed by atoms with E-state index in [4.69, 9.17) is 16.3 Å². The van der Waals surface area contributed by atoms with Crippen molar-refractivity contribution in [1.29, 1.82) is 0 Å². The van der Waals surface area contributed by atoms with E-state index < -0.39 is 47.9 Å². The minimum atomic E-state index is -4.77. The highest BCUT2D eigenvalue weighted by Crippen LogP contribution is 2.39. The molecule has 2 rings (SSSR count). The molecule has 0 heterocycles. The molecule has 0 aliphatic heterocycles. The Morgan fingerprint density at radius 3 is 2.08 bits per heavy atom. The van der Waals surface area contributed by atoms with E-state index in [2.05, 4.69) is 5.32 Å². The number of esters is 1. The third-order valence-electron chi connectivity index (χ3n) is 5.77. The predicted molar refractivity (Wildman–Crippen MR) is 124 cm³/mol. The van der Waals surface area contributed by atoms with Crippen LogP contribution in [0.5, 0.6) is 0 Å². The fourth-order valence-corrected chi connectivity index (χ4v) is 3.74. The Morgan fingerprint density at radius 2 is 1.58 bits per heavy atom. The lowest BCUT2D eigenvalue weighted by atomic mass is 9.84. The van der Waals surface area contributed by atoms with Crippen molar-refractivity contribution in [3.05, 3.63) is 64.2 Å². The highest BCUT2D eigenvalue weighted by atomic mass is 35.5. The van der Waals surface area contributed by atoms with Crippen LogP contribution in [0.3, 0.4) is 0 Å². The van der Waals surface area contributed by atoms with Crippen LogP contribution in [0, 0.1) is 5.92 Å². The largest absolute Gasteiger partial charge is 0.465 e. The van der Waals surface area contributed by atoms with E-state index in [0.29, 0.717) is 5.56 Å². The molecule has 0 aliphatic carbocycles. The molecule has 0 aliphatic rings. The molecule has 0 saturated carbocycles. The number of rotatable bonds is 8. The Labute approximate surface area is 210 Å². The SMILES string of the molecule is CCOC(=O)C(C)(C)c1ccc(Cl)c(NC(=O)[C@H](c2ccc(CC(F)(F)F)cc2)C(C)C(F)(F)F)c1. The van der Waals surface area contributed by atoms with Gasteiger partial charge < -0.3 is 10.1 Å². The van der Waals surface area contributed by atoms with E-state index in [1.54, 1.807) is 20.8 Å². The van der Waals surface area contributed by atoms with Crippen LogP contribution in [-0.2, 0) is 26.2 Å². The lowest BCUT2D eigenvalue weighted by Crippen LogP contribution is -2.35. The first-order valence-corrected chi connectivity index (χ1v) is 11.4. The highest BCUT2D eigenvalue weighted by Gasteiger charge is 2.45. The fraction of sp³-hybridized carbons (Fsp3) is 0.440. The van der Waals surface area contributed by atoms with Gasteiger partial charge in [0, 0.05) is 0 Å². The number of hydrogen-bond donors (Lipinski definition) is 1. The molecular weight excluding hydrogens is 512 g/mol. The van der Waals surface area contributed by atoms with Gasteiger partial charge in [-0.15, -0.1) is 0 Å². The zero-order valence-corrected chi connectivity index (χ0v) is 20.7. The Morgan fingerprint density at radius 1 is 1.00 bits per heavy atom. The quantitative estimate of drug-likeness (QED) is 0.286. The van der Waals surface area contributed by atoms with Gasteiger partial charge in [-0.2, -0.15) is 26.3 Å². The average molecular weight is 538 g/mol. The molecule has 4 nitrogen and oxygen atoms in total. The molecule has 2 atom stereocenters. The lowest BCUT2D eigenvalue weighted by molar-refractivity contribution is -0.178. The van der Waals surface area contributed by atoms with Crippen molar-refractivity contribution in [1.82, 2.24) is 0 Å². The number of amides is 1. The number of nitrogens with one attached hydrogen (secondary N) is 1. The van der Waals surface area contributed by atoms with Crippen LogP contribution in [0.25, 0.3) is 0 Å². The van der Waals surface area contributed by atoms with Crippen LogP contribution in [0.1, 0.15) is 50.3 Å². The first kappa shape index (κ1) is 29.5. The summed E-state index contributed by atoms with van der Waals surface area (Å²) < 4.78 is 83.9. The third-order valence-corrected chi connectivity index (χ3v) is 6.10. The fourth-order valence-electron chi connectivity index (χ4n) is 3.58. The van der Waals surface area contributed by atoms with Crippen LogP contribution >= 0.6 is 11.6 Å².